The average molecular weight is 359 g/mol. The third-order valence-corrected chi connectivity index (χ3v) is 4.27. The van der Waals surface area contributed by atoms with E-state index in [1.165, 1.54) is 0 Å². The first kappa shape index (κ1) is 18.1. The Morgan fingerprint density at radius 1 is 1.23 bits per heavy atom. The van der Waals surface area contributed by atoms with E-state index in [9.17, 15) is 9.59 Å². The Labute approximate surface area is 152 Å². The van der Waals surface area contributed by atoms with Crippen LogP contribution in [0.2, 0.25) is 0 Å². The Bertz CT molecular complexity index is 788. The van der Waals surface area contributed by atoms with Gasteiger partial charge in [-0.05, 0) is 45.7 Å². The van der Waals surface area contributed by atoms with Crippen LogP contribution in [0.25, 0.3) is 5.65 Å². The number of hydrogen-bond acceptors (Lipinski definition) is 6. The predicted octanol–water partition coefficient (Wildman–Crippen LogP) is 0.372. The van der Waals surface area contributed by atoms with Crippen molar-refractivity contribution in [3.63, 3.8) is 0 Å². The number of anilines is 1. The standard InChI is InChI=1S/C17H25N7O2/c1-17(2,3)20-15(25)10-18-16(26)12-6-8-23(9-7-12)14-5-4-13-21-19-11-24(13)22-14/h4-5,11-12H,6-10H2,1-3H3,(H,18,26)(H,20,25). The van der Waals surface area contributed by atoms with Crippen LogP contribution in [0.5, 0.6) is 0 Å². The van der Waals surface area contributed by atoms with Gasteiger partial charge in [-0.1, -0.05) is 0 Å². The summed E-state index contributed by atoms with van der Waals surface area (Å²) in [5.74, 6) is 0.540. The molecular weight excluding hydrogens is 334 g/mol. The van der Waals surface area contributed by atoms with Crippen molar-refractivity contribution in [3.05, 3.63) is 18.5 Å². The number of fused-ring (bicyclic) bond motifs is 1. The number of amides is 2. The van der Waals surface area contributed by atoms with E-state index in [-0.39, 0.29) is 29.8 Å². The van der Waals surface area contributed by atoms with Crippen LogP contribution < -0.4 is 15.5 Å². The molecule has 2 aromatic rings. The molecule has 3 rings (SSSR count). The zero-order valence-corrected chi connectivity index (χ0v) is 15.4. The fourth-order valence-electron chi connectivity index (χ4n) is 3.03. The normalized spacial score (nSPS) is 15.9. The Morgan fingerprint density at radius 3 is 2.65 bits per heavy atom. The molecule has 0 unspecified atom stereocenters. The van der Waals surface area contributed by atoms with E-state index in [0.717, 1.165) is 31.7 Å². The monoisotopic (exact) mass is 359 g/mol. The molecule has 2 N–H and O–H groups in total. The van der Waals surface area contributed by atoms with Crippen molar-refractivity contribution < 1.29 is 9.59 Å². The second-order valence-electron chi connectivity index (χ2n) is 7.60. The van der Waals surface area contributed by atoms with Gasteiger partial charge in [0.2, 0.25) is 11.8 Å². The van der Waals surface area contributed by atoms with Crippen molar-refractivity contribution >= 4 is 23.3 Å². The van der Waals surface area contributed by atoms with Gasteiger partial charge in [0.15, 0.2) is 5.65 Å². The van der Waals surface area contributed by atoms with E-state index in [4.69, 9.17) is 0 Å². The molecule has 1 aliphatic rings. The van der Waals surface area contributed by atoms with E-state index in [1.54, 1.807) is 10.8 Å². The van der Waals surface area contributed by atoms with Gasteiger partial charge in [-0.15, -0.1) is 15.3 Å². The molecule has 1 fully saturated rings. The van der Waals surface area contributed by atoms with Crippen LogP contribution in [0.15, 0.2) is 18.5 Å². The fourth-order valence-corrected chi connectivity index (χ4v) is 3.03. The lowest BCUT2D eigenvalue weighted by molar-refractivity contribution is -0.129. The summed E-state index contributed by atoms with van der Waals surface area (Å²) in [6.07, 6.45) is 3.03. The molecular formula is C17H25N7O2. The molecule has 3 heterocycles. The molecule has 0 radical (unpaired) electrons. The third-order valence-electron chi connectivity index (χ3n) is 4.27. The number of carbonyl (C=O) groups excluding carboxylic acids is 2. The van der Waals surface area contributed by atoms with Gasteiger partial charge in [-0.3, -0.25) is 9.59 Å². The predicted molar refractivity (Wildman–Crippen MR) is 96.6 cm³/mol. The van der Waals surface area contributed by atoms with E-state index >= 15 is 0 Å². The molecule has 0 aliphatic carbocycles. The van der Waals surface area contributed by atoms with Crippen molar-refractivity contribution in [2.45, 2.75) is 39.2 Å². The van der Waals surface area contributed by atoms with E-state index in [2.05, 4.69) is 30.8 Å². The minimum absolute atomic E-state index is 0.0160. The molecule has 0 atom stereocenters. The number of carbonyl (C=O) groups is 2. The van der Waals surface area contributed by atoms with Crippen LogP contribution in [0.3, 0.4) is 0 Å². The summed E-state index contributed by atoms with van der Waals surface area (Å²) in [7, 11) is 0. The lowest BCUT2D eigenvalue weighted by Crippen LogP contribution is -2.47. The summed E-state index contributed by atoms with van der Waals surface area (Å²) in [4.78, 5) is 26.3. The zero-order valence-electron chi connectivity index (χ0n) is 15.4. The fraction of sp³-hybridized carbons (Fsp3) is 0.588. The van der Waals surface area contributed by atoms with Gasteiger partial charge in [-0.2, -0.15) is 4.52 Å². The lowest BCUT2D eigenvalue weighted by atomic mass is 9.96. The average Bonchev–Trinajstić information content (AvgIpc) is 3.06. The maximum Gasteiger partial charge on any atom is 0.239 e. The van der Waals surface area contributed by atoms with Crippen LogP contribution in [0, 0.1) is 5.92 Å². The molecule has 9 nitrogen and oxygen atoms in total. The van der Waals surface area contributed by atoms with Crippen molar-refractivity contribution in [3.8, 4) is 0 Å². The molecule has 9 heteroatoms. The number of rotatable bonds is 4. The molecule has 26 heavy (non-hydrogen) atoms. The summed E-state index contributed by atoms with van der Waals surface area (Å²) < 4.78 is 1.64. The first-order valence-corrected chi connectivity index (χ1v) is 8.82. The zero-order chi connectivity index (χ0) is 18.7. The molecule has 2 aromatic heterocycles. The molecule has 0 aromatic carbocycles. The van der Waals surface area contributed by atoms with Gasteiger partial charge in [-0.25, -0.2) is 0 Å². The Morgan fingerprint density at radius 2 is 1.96 bits per heavy atom. The summed E-state index contributed by atoms with van der Waals surface area (Å²) >= 11 is 0. The topological polar surface area (TPSA) is 105 Å². The van der Waals surface area contributed by atoms with E-state index < -0.39 is 0 Å². The van der Waals surface area contributed by atoms with Crippen molar-refractivity contribution in [1.29, 1.82) is 0 Å². The Hall–Kier alpha value is -2.71. The van der Waals surface area contributed by atoms with Gasteiger partial charge in [0.1, 0.15) is 12.1 Å². The van der Waals surface area contributed by atoms with Crippen molar-refractivity contribution in [2.24, 2.45) is 5.92 Å². The highest BCUT2D eigenvalue weighted by Gasteiger charge is 2.26. The van der Waals surface area contributed by atoms with Gasteiger partial charge in [0, 0.05) is 24.5 Å². The Kier molecular flexibility index (Phi) is 5.06. The lowest BCUT2D eigenvalue weighted by Gasteiger charge is -2.32. The molecule has 2 amide bonds. The van der Waals surface area contributed by atoms with Gasteiger partial charge in [0.05, 0.1) is 6.54 Å². The summed E-state index contributed by atoms with van der Waals surface area (Å²) in [6.45, 7) is 7.23. The largest absolute Gasteiger partial charge is 0.355 e. The maximum absolute atomic E-state index is 12.3. The van der Waals surface area contributed by atoms with Gasteiger partial charge < -0.3 is 15.5 Å². The first-order chi connectivity index (χ1) is 12.3. The first-order valence-electron chi connectivity index (χ1n) is 8.82. The number of aromatic nitrogens is 4. The van der Waals surface area contributed by atoms with Crippen molar-refractivity contribution in [2.75, 3.05) is 24.5 Å². The SMILES string of the molecule is CC(C)(C)NC(=O)CNC(=O)C1CCN(c2ccc3nncn3n2)CC1. The molecule has 0 spiro atoms. The highest BCUT2D eigenvalue weighted by Crippen LogP contribution is 2.22. The highest BCUT2D eigenvalue weighted by molar-refractivity contribution is 5.86. The van der Waals surface area contributed by atoms with Crippen LogP contribution >= 0.6 is 0 Å². The molecule has 140 valence electrons. The number of piperidine rings is 1. The summed E-state index contributed by atoms with van der Waals surface area (Å²) in [5.41, 5.74) is 0.406. The minimum atomic E-state index is -0.300. The van der Waals surface area contributed by atoms with E-state index in [0.29, 0.717) is 5.65 Å². The second-order valence-corrected chi connectivity index (χ2v) is 7.60. The smallest absolute Gasteiger partial charge is 0.239 e. The number of hydrogen-bond donors (Lipinski definition) is 2. The summed E-state index contributed by atoms with van der Waals surface area (Å²) in [6, 6.07) is 3.79. The van der Waals surface area contributed by atoms with Gasteiger partial charge in [0.25, 0.3) is 0 Å². The summed E-state index contributed by atoms with van der Waals surface area (Å²) in [5, 5.41) is 17.8. The second kappa shape index (κ2) is 7.27. The quantitative estimate of drug-likeness (QED) is 0.817. The van der Waals surface area contributed by atoms with Crippen molar-refractivity contribution in [1.82, 2.24) is 30.4 Å². The van der Waals surface area contributed by atoms with Crippen LogP contribution in [-0.2, 0) is 9.59 Å². The molecule has 0 saturated carbocycles. The minimum Gasteiger partial charge on any atom is -0.355 e. The van der Waals surface area contributed by atoms with E-state index in [1.807, 2.05) is 32.9 Å². The number of nitrogens with one attached hydrogen (secondary N) is 2. The number of nitrogens with zero attached hydrogens (tertiary/aromatic N) is 5. The van der Waals surface area contributed by atoms with Crippen LogP contribution in [0.1, 0.15) is 33.6 Å². The van der Waals surface area contributed by atoms with Gasteiger partial charge >= 0.3 is 0 Å². The molecule has 1 saturated heterocycles. The highest BCUT2D eigenvalue weighted by atomic mass is 16.2. The third kappa shape index (κ3) is 4.47. The molecule has 1 aliphatic heterocycles. The molecule has 0 bridgehead atoms. The van der Waals surface area contributed by atoms with Crippen LogP contribution in [0.4, 0.5) is 5.82 Å². The maximum atomic E-state index is 12.3. The Balaban J connectivity index is 1.48. The van der Waals surface area contributed by atoms with Crippen LogP contribution in [-0.4, -0.2) is 56.8 Å².